The molecule has 1 saturated carbocycles. The van der Waals surface area contributed by atoms with Crippen LogP contribution in [0.15, 0.2) is 29.6 Å². The number of rotatable bonds is 3. The zero-order valence-electron chi connectivity index (χ0n) is 11.0. The molecule has 0 spiro atoms. The molecule has 2 aromatic rings. The normalized spacial score (nSPS) is 18.6. The van der Waals surface area contributed by atoms with Gasteiger partial charge in [0.1, 0.15) is 0 Å². The fourth-order valence-corrected chi connectivity index (χ4v) is 3.99. The second kappa shape index (κ2) is 5.06. The molecule has 3 rings (SSSR count). The van der Waals surface area contributed by atoms with Crippen LogP contribution in [0.3, 0.4) is 0 Å². The summed E-state index contributed by atoms with van der Waals surface area (Å²) >= 11 is 1.64. The molecule has 1 fully saturated rings. The second-order valence-corrected chi connectivity index (χ2v) is 6.58. The van der Waals surface area contributed by atoms with Gasteiger partial charge in [-0.25, -0.2) is 0 Å². The van der Waals surface area contributed by atoms with Crippen molar-refractivity contribution >= 4 is 27.2 Å². The molecular weight excluding hydrogens is 254 g/mol. The van der Waals surface area contributed by atoms with E-state index in [0.717, 1.165) is 41.3 Å². The van der Waals surface area contributed by atoms with Gasteiger partial charge in [-0.15, -0.1) is 11.3 Å². The molecular formula is C16H19NOS. The molecule has 2 nitrogen and oxygen atoms in total. The van der Waals surface area contributed by atoms with Gasteiger partial charge in [0.05, 0.1) is 0 Å². The van der Waals surface area contributed by atoms with Crippen LogP contribution >= 0.6 is 11.3 Å². The van der Waals surface area contributed by atoms with Gasteiger partial charge in [0.25, 0.3) is 0 Å². The molecule has 0 bridgehead atoms. The zero-order valence-corrected chi connectivity index (χ0v) is 11.8. The van der Waals surface area contributed by atoms with Crippen LogP contribution in [0.5, 0.6) is 0 Å². The first kappa shape index (κ1) is 12.8. The van der Waals surface area contributed by atoms with Crippen LogP contribution in [0.4, 0.5) is 0 Å². The number of carbonyl (C=O) groups is 1. The topological polar surface area (TPSA) is 43.1 Å². The highest BCUT2D eigenvalue weighted by Crippen LogP contribution is 2.32. The van der Waals surface area contributed by atoms with E-state index in [9.17, 15) is 4.79 Å². The molecule has 0 atom stereocenters. The number of thiophene rings is 1. The average Bonchev–Trinajstić information content (AvgIpc) is 2.86. The zero-order chi connectivity index (χ0) is 13.3. The number of hydrogen-bond donors (Lipinski definition) is 1. The molecule has 1 aromatic heterocycles. The van der Waals surface area contributed by atoms with Gasteiger partial charge in [-0.3, -0.25) is 4.79 Å². The molecule has 1 heterocycles. The van der Waals surface area contributed by atoms with Gasteiger partial charge >= 0.3 is 0 Å². The molecule has 0 unspecified atom stereocenters. The molecule has 0 aliphatic heterocycles. The van der Waals surface area contributed by atoms with E-state index >= 15 is 0 Å². The van der Waals surface area contributed by atoms with Gasteiger partial charge in [0, 0.05) is 22.2 Å². The van der Waals surface area contributed by atoms with Gasteiger partial charge in [0.2, 0.25) is 0 Å². The van der Waals surface area contributed by atoms with Crippen LogP contribution in [-0.4, -0.2) is 11.3 Å². The maximum absolute atomic E-state index is 12.6. The SMILES string of the molecule is NC1(CC(=O)c2cccc3ccsc23)CCCCC1. The largest absolute Gasteiger partial charge is 0.325 e. The van der Waals surface area contributed by atoms with Crippen molar-refractivity contribution in [1.82, 2.24) is 0 Å². The van der Waals surface area contributed by atoms with Crippen LogP contribution in [0.25, 0.3) is 10.1 Å². The number of carbonyl (C=O) groups excluding carboxylic acids is 1. The van der Waals surface area contributed by atoms with Gasteiger partial charge in [-0.1, -0.05) is 31.4 Å². The monoisotopic (exact) mass is 273 g/mol. The Hall–Kier alpha value is -1.19. The Bertz CT molecular complexity index is 596. The smallest absolute Gasteiger partial charge is 0.166 e. The third-order valence-corrected chi connectivity index (χ3v) is 5.10. The lowest BCUT2D eigenvalue weighted by Crippen LogP contribution is -2.43. The fourth-order valence-electron chi connectivity index (χ4n) is 3.06. The number of benzene rings is 1. The second-order valence-electron chi connectivity index (χ2n) is 5.67. The average molecular weight is 273 g/mol. The molecule has 2 N–H and O–H groups in total. The Kier molecular flexibility index (Phi) is 3.42. The van der Waals surface area contributed by atoms with Gasteiger partial charge in [0.15, 0.2) is 5.78 Å². The number of fused-ring (bicyclic) bond motifs is 1. The molecule has 19 heavy (non-hydrogen) atoms. The lowest BCUT2D eigenvalue weighted by molar-refractivity contribution is 0.0936. The highest BCUT2D eigenvalue weighted by molar-refractivity contribution is 7.17. The summed E-state index contributed by atoms with van der Waals surface area (Å²) < 4.78 is 1.10. The molecule has 0 saturated heterocycles. The molecule has 1 aliphatic carbocycles. The van der Waals surface area contributed by atoms with Crippen LogP contribution in [-0.2, 0) is 0 Å². The van der Waals surface area contributed by atoms with Crippen molar-refractivity contribution in [2.75, 3.05) is 0 Å². The highest BCUT2D eigenvalue weighted by Gasteiger charge is 2.30. The Morgan fingerprint density at radius 1 is 1.21 bits per heavy atom. The van der Waals surface area contributed by atoms with E-state index in [1.54, 1.807) is 11.3 Å². The van der Waals surface area contributed by atoms with E-state index in [-0.39, 0.29) is 11.3 Å². The maximum Gasteiger partial charge on any atom is 0.166 e. The van der Waals surface area contributed by atoms with E-state index < -0.39 is 0 Å². The predicted octanol–water partition coefficient (Wildman–Crippen LogP) is 4.14. The minimum Gasteiger partial charge on any atom is -0.325 e. The number of hydrogen-bond acceptors (Lipinski definition) is 3. The summed E-state index contributed by atoms with van der Waals surface area (Å²) in [5.41, 5.74) is 6.98. The molecule has 0 radical (unpaired) electrons. The van der Waals surface area contributed by atoms with E-state index in [1.165, 1.54) is 6.42 Å². The van der Waals surface area contributed by atoms with Gasteiger partial charge in [-0.2, -0.15) is 0 Å². The minimum absolute atomic E-state index is 0.206. The van der Waals surface area contributed by atoms with Crippen molar-refractivity contribution in [2.24, 2.45) is 5.73 Å². The first-order valence-electron chi connectivity index (χ1n) is 6.96. The standard InChI is InChI=1S/C16H19NOS/c17-16(8-2-1-3-9-16)11-14(18)13-6-4-5-12-7-10-19-15(12)13/h4-7,10H,1-3,8-9,11,17H2. The van der Waals surface area contributed by atoms with Crippen LogP contribution in [0, 0.1) is 0 Å². The van der Waals surface area contributed by atoms with Crippen molar-refractivity contribution < 1.29 is 4.79 Å². The number of Topliss-reactive ketones (excluding diaryl/α,β-unsaturated/α-hetero) is 1. The van der Waals surface area contributed by atoms with Gasteiger partial charge in [-0.05, 0) is 35.7 Å². The van der Waals surface area contributed by atoms with Crippen LogP contribution in [0.1, 0.15) is 48.9 Å². The van der Waals surface area contributed by atoms with E-state index in [4.69, 9.17) is 5.73 Å². The molecule has 1 aromatic carbocycles. The molecule has 1 aliphatic rings. The van der Waals surface area contributed by atoms with Crippen molar-refractivity contribution in [3.8, 4) is 0 Å². The first-order chi connectivity index (χ1) is 9.18. The summed E-state index contributed by atoms with van der Waals surface area (Å²) in [5, 5.41) is 3.20. The van der Waals surface area contributed by atoms with E-state index in [2.05, 4.69) is 12.1 Å². The fraction of sp³-hybridized carbons (Fsp3) is 0.438. The van der Waals surface area contributed by atoms with Crippen molar-refractivity contribution in [2.45, 2.75) is 44.1 Å². The third-order valence-electron chi connectivity index (χ3n) is 4.14. The minimum atomic E-state index is -0.269. The summed E-state index contributed by atoms with van der Waals surface area (Å²) in [7, 11) is 0. The molecule has 100 valence electrons. The summed E-state index contributed by atoms with van der Waals surface area (Å²) in [6, 6.07) is 8.02. The van der Waals surface area contributed by atoms with Crippen LogP contribution in [0.2, 0.25) is 0 Å². The Labute approximate surface area is 117 Å². The van der Waals surface area contributed by atoms with E-state index in [1.807, 2.05) is 17.5 Å². The molecule has 0 amide bonds. The lowest BCUT2D eigenvalue weighted by Gasteiger charge is -2.32. The lowest BCUT2D eigenvalue weighted by atomic mass is 9.78. The number of ketones is 1. The summed E-state index contributed by atoms with van der Waals surface area (Å²) in [5.74, 6) is 0.206. The summed E-state index contributed by atoms with van der Waals surface area (Å²) in [6.45, 7) is 0. The Morgan fingerprint density at radius 2 is 2.00 bits per heavy atom. The first-order valence-corrected chi connectivity index (χ1v) is 7.84. The van der Waals surface area contributed by atoms with Crippen molar-refractivity contribution in [3.05, 3.63) is 35.2 Å². The highest BCUT2D eigenvalue weighted by atomic mass is 32.1. The summed E-state index contributed by atoms with van der Waals surface area (Å²) in [4.78, 5) is 12.6. The number of nitrogens with two attached hydrogens (primary N) is 1. The van der Waals surface area contributed by atoms with Crippen molar-refractivity contribution in [1.29, 1.82) is 0 Å². The van der Waals surface area contributed by atoms with E-state index in [0.29, 0.717) is 6.42 Å². The van der Waals surface area contributed by atoms with Crippen LogP contribution < -0.4 is 5.73 Å². The Morgan fingerprint density at radius 3 is 2.79 bits per heavy atom. The maximum atomic E-state index is 12.6. The van der Waals surface area contributed by atoms with Gasteiger partial charge < -0.3 is 5.73 Å². The summed E-state index contributed by atoms with van der Waals surface area (Å²) in [6.07, 6.45) is 6.04. The molecule has 3 heteroatoms. The third kappa shape index (κ3) is 2.58. The Balaban J connectivity index is 1.85. The predicted molar refractivity (Wildman–Crippen MR) is 80.8 cm³/mol. The quantitative estimate of drug-likeness (QED) is 0.854. The van der Waals surface area contributed by atoms with Crippen molar-refractivity contribution in [3.63, 3.8) is 0 Å².